The average Bonchev–Trinajstić information content (AvgIpc) is 2.76. The van der Waals surface area contributed by atoms with Gasteiger partial charge in [0.15, 0.2) is 11.4 Å². The van der Waals surface area contributed by atoms with Crippen molar-refractivity contribution in [2.24, 2.45) is 0 Å². The number of anilines is 2. The highest BCUT2D eigenvalue weighted by Gasteiger charge is 2.39. The van der Waals surface area contributed by atoms with Gasteiger partial charge in [-0.15, -0.1) is 0 Å². The number of nitrogens with zero attached hydrogens (tertiary/aromatic N) is 3. The summed E-state index contributed by atoms with van der Waals surface area (Å²) >= 11 is 0. The van der Waals surface area contributed by atoms with Crippen LogP contribution < -0.4 is 16.0 Å². The van der Waals surface area contributed by atoms with E-state index in [4.69, 9.17) is 10.2 Å². The van der Waals surface area contributed by atoms with Gasteiger partial charge in [-0.25, -0.2) is 4.98 Å². The Labute approximate surface area is 112 Å². The van der Waals surface area contributed by atoms with Crippen LogP contribution in [0.15, 0.2) is 10.7 Å². The summed E-state index contributed by atoms with van der Waals surface area (Å²) in [6, 6.07) is 0. The molecule has 2 aromatic rings. The first-order valence-corrected chi connectivity index (χ1v) is 6.54. The molecule has 0 aliphatic carbocycles. The third kappa shape index (κ3) is 1.83. The molecule has 1 aliphatic rings. The number of nitrogen functional groups attached to an aromatic ring is 1. The normalized spacial score (nSPS) is 17.7. The van der Waals surface area contributed by atoms with E-state index in [-0.39, 0.29) is 5.54 Å². The largest absolute Gasteiger partial charge is 0.458 e. The van der Waals surface area contributed by atoms with Gasteiger partial charge < -0.3 is 20.4 Å². The topological polar surface area (TPSA) is 80.2 Å². The lowest BCUT2D eigenvalue weighted by Gasteiger charge is -2.48. The Morgan fingerprint density at radius 3 is 2.84 bits per heavy atom. The van der Waals surface area contributed by atoms with Crippen molar-refractivity contribution in [1.82, 2.24) is 15.3 Å². The van der Waals surface area contributed by atoms with Gasteiger partial charge in [0.1, 0.15) is 5.52 Å². The van der Waals surface area contributed by atoms with Crippen LogP contribution in [0.4, 0.5) is 11.8 Å². The fourth-order valence-electron chi connectivity index (χ4n) is 2.54. The Bertz CT molecular complexity index is 615. The van der Waals surface area contributed by atoms with E-state index in [9.17, 15) is 0 Å². The molecule has 0 saturated carbocycles. The van der Waals surface area contributed by atoms with Crippen molar-refractivity contribution in [3.8, 4) is 0 Å². The van der Waals surface area contributed by atoms with Crippen molar-refractivity contribution in [2.45, 2.75) is 25.8 Å². The van der Waals surface area contributed by atoms with E-state index in [2.05, 4.69) is 34.0 Å². The number of aryl methyl sites for hydroxylation is 1. The van der Waals surface area contributed by atoms with Crippen LogP contribution in [0.5, 0.6) is 0 Å². The number of rotatable bonds is 3. The number of hydrogen-bond donors (Lipinski definition) is 2. The van der Waals surface area contributed by atoms with Crippen molar-refractivity contribution in [2.75, 3.05) is 30.8 Å². The SMILES string of the molecule is CCc1coc2c(N3CC(C)(NC)C3)nc(N)nc12. The van der Waals surface area contributed by atoms with Crippen molar-refractivity contribution in [3.63, 3.8) is 0 Å². The number of likely N-dealkylation sites (N-methyl/N-ethyl adjacent to an activating group) is 1. The van der Waals surface area contributed by atoms with Gasteiger partial charge in [-0.05, 0) is 20.4 Å². The lowest BCUT2D eigenvalue weighted by molar-refractivity contribution is 0.301. The van der Waals surface area contributed by atoms with Crippen LogP contribution in [-0.4, -0.2) is 35.6 Å². The zero-order chi connectivity index (χ0) is 13.6. The fraction of sp³-hybridized carbons (Fsp3) is 0.538. The predicted molar refractivity (Wildman–Crippen MR) is 75.3 cm³/mol. The maximum absolute atomic E-state index is 5.82. The molecular weight excluding hydrogens is 242 g/mol. The molecule has 0 atom stereocenters. The molecule has 6 nitrogen and oxygen atoms in total. The fourth-order valence-corrected chi connectivity index (χ4v) is 2.54. The maximum atomic E-state index is 5.82. The summed E-state index contributed by atoms with van der Waals surface area (Å²) in [4.78, 5) is 10.8. The number of hydrogen-bond acceptors (Lipinski definition) is 6. The maximum Gasteiger partial charge on any atom is 0.222 e. The van der Waals surface area contributed by atoms with Crippen LogP contribution in [0.3, 0.4) is 0 Å². The molecule has 0 bridgehead atoms. The molecule has 3 rings (SSSR count). The van der Waals surface area contributed by atoms with Crippen LogP contribution in [0.2, 0.25) is 0 Å². The molecule has 19 heavy (non-hydrogen) atoms. The second-order valence-corrected chi connectivity index (χ2v) is 5.36. The first kappa shape index (κ1) is 12.2. The molecule has 3 heterocycles. The highest BCUT2D eigenvalue weighted by atomic mass is 16.3. The third-order valence-electron chi connectivity index (χ3n) is 3.85. The number of furan rings is 1. The molecule has 102 valence electrons. The van der Waals surface area contributed by atoms with Gasteiger partial charge in [-0.1, -0.05) is 6.92 Å². The van der Waals surface area contributed by atoms with E-state index in [0.29, 0.717) is 5.95 Å². The van der Waals surface area contributed by atoms with Gasteiger partial charge in [0.25, 0.3) is 0 Å². The summed E-state index contributed by atoms with van der Waals surface area (Å²) in [5, 5.41) is 3.31. The highest BCUT2D eigenvalue weighted by molar-refractivity contribution is 5.88. The first-order valence-electron chi connectivity index (χ1n) is 6.54. The van der Waals surface area contributed by atoms with E-state index in [1.54, 1.807) is 6.26 Å². The minimum Gasteiger partial charge on any atom is -0.458 e. The van der Waals surface area contributed by atoms with Gasteiger partial charge >= 0.3 is 0 Å². The third-order valence-corrected chi connectivity index (χ3v) is 3.85. The van der Waals surface area contributed by atoms with E-state index < -0.39 is 0 Å². The Morgan fingerprint density at radius 2 is 2.21 bits per heavy atom. The first-order chi connectivity index (χ1) is 9.06. The molecule has 1 aliphatic heterocycles. The summed E-state index contributed by atoms with van der Waals surface area (Å²) in [5.74, 6) is 1.10. The van der Waals surface area contributed by atoms with Gasteiger partial charge in [-0.3, -0.25) is 0 Å². The predicted octanol–water partition coefficient (Wildman–Crippen LogP) is 1.17. The molecule has 1 fully saturated rings. The molecular formula is C13H19N5O. The zero-order valence-corrected chi connectivity index (χ0v) is 11.5. The van der Waals surface area contributed by atoms with Crippen LogP contribution in [-0.2, 0) is 6.42 Å². The molecule has 0 amide bonds. The van der Waals surface area contributed by atoms with Crippen molar-refractivity contribution in [1.29, 1.82) is 0 Å². The minimum atomic E-state index is 0.131. The number of aromatic nitrogens is 2. The van der Waals surface area contributed by atoms with E-state index in [1.807, 2.05) is 7.05 Å². The van der Waals surface area contributed by atoms with E-state index in [0.717, 1.165) is 42.0 Å². The molecule has 6 heteroatoms. The molecule has 0 unspecified atom stereocenters. The number of nitrogens with two attached hydrogens (primary N) is 1. The zero-order valence-electron chi connectivity index (χ0n) is 11.5. The summed E-state index contributed by atoms with van der Waals surface area (Å²) in [6.45, 7) is 6.03. The van der Waals surface area contributed by atoms with Crippen molar-refractivity contribution >= 4 is 22.9 Å². The second-order valence-electron chi connectivity index (χ2n) is 5.36. The molecule has 0 aromatic carbocycles. The summed E-state index contributed by atoms with van der Waals surface area (Å²) in [5.41, 5.74) is 8.60. The standard InChI is InChI=1S/C13H19N5O/c1-4-8-5-19-10-9(8)16-12(14)17-11(10)18-6-13(2,7-18)15-3/h5,15H,4,6-7H2,1-3H3,(H2,14,16,17). The van der Waals surface area contributed by atoms with Crippen LogP contribution >= 0.6 is 0 Å². The van der Waals surface area contributed by atoms with Gasteiger partial charge in [-0.2, -0.15) is 4.98 Å². The van der Waals surface area contributed by atoms with Crippen LogP contribution in [0.1, 0.15) is 19.4 Å². The Balaban J connectivity index is 2.03. The quantitative estimate of drug-likeness (QED) is 0.863. The summed E-state index contributed by atoms with van der Waals surface area (Å²) < 4.78 is 5.64. The molecule has 0 spiro atoms. The molecule has 2 aromatic heterocycles. The monoisotopic (exact) mass is 261 g/mol. The second kappa shape index (κ2) is 4.09. The lowest BCUT2D eigenvalue weighted by atomic mass is 9.92. The lowest BCUT2D eigenvalue weighted by Crippen LogP contribution is -2.67. The molecule has 3 N–H and O–H groups in total. The molecule has 1 saturated heterocycles. The Kier molecular flexibility index (Phi) is 2.63. The smallest absolute Gasteiger partial charge is 0.222 e. The van der Waals surface area contributed by atoms with Crippen LogP contribution in [0.25, 0.3) is 11.1 Å². The average molecular weight is 261 g/mol. The van der Waals surface area contributed by atoms with E-state index >= 15 is 0 Å². The number of nitrogens with one attached hydrogen (secondary N) is 1. The summed E-state index contributed by atoms with van der Waals surface area (Å²) in [7, 11) is 1.98. The van der Waals surface area contributed by atoms with Crippen molar-refractivity contribution in [3.05, 3.63) is 11.8 Å². The number of fused-ring (bicyclic) bond motifs is 1. The van der Waals surface area contributed by atoms with Gasteiger partial charge in [0.2, 0.25) is 5.95 Å². The van der Waals surface area contributed by atoms with Gasteiger partial charge in [0.05, 0.1) is 11.8 Å². The summed E-state index contributed by atoms with van der Waals surface area (Å²) in [6.07, 6.45) is 2.62. The minimum absolute atomic E-state index is 0.131. The van der Waals surface area contributed by atoms with E-state index in [1.165, 1.54) is 0 Å². The van der Waals surface area contributed by atoms with Crippen LogP contribution in [0, 0.1) is 0 Å². The molecule has 0 radical (unpaired) electrons. The Morgan fingerprint density at radius 1 is 1.47 bits per heavy atom. The van der Waals surface area contributed by atoms with Gasteiger partial charge in [0, 0.05) is 18.7 Å². The highest BCUT2D eigenvalue weighted by Crippen LogP contribution is 2.33. The Hall–Kier alpha value is -1.82. The van der Waals surface area contributed by atoms with Crippen molar-refractivity contribution < 1.29 is 4.42 Å².